The SMILES string of the molecule is CCc1cccc(NC(=O)N2CC(C)(OCC(=O)O)C2)c1. The first-order chi connectivity index (χ1) is 9.92. The fourth-order valence-electron chi connectivity index (χ4n) is 2.30. The number of rotatable bonds is 5. The summed E-state index contributed by atoms with van der Waals surface area (Å²) in [5.41, 5.74) is 1.35. The highest BCUT2D eigenvalue weighted by Crippen LogP contribution is 2.25. The Labute approximate surface area is 123 Å². The van der Waals surface area contributed by atoms with Crippen LogP contribution in [0.15, 0.2) is 24.3 Å². The fourth-order valence-corrected chi connectivity index (χ4v) is 2.30. The van der Waals surface area contributed by atoms with Gasteiger partial charge in [-0.05, 0) is 31.0 Å². The number of carboxylic acids is 1. The van der Waals surface area contributed by atoms with Gasteiger partial charge < -0.3 is 20.1 Å². The molecule has 6 heteroatoms. The van der Waals surface area contributed by atoms with E-state index in [0.29, 0.717) is 13.1 Å². The molecule has 1 aromatic carbocycles. The van der Waals surface area contributed by atoms with Crippen LogP contribution in [0.3, 0.4) is 0 Å². The molecular formula is C15H20N2O4. The Morgan fingerprint density at radius 2 is 2.14 bits per heavy atom. The van der Waals surface area contributed by atoms with Gasteiger partial charge in [-0.3, -0.25) is 0 Å². The first-order valence-electron chi connectivity index (χ1n) is 6.92. The molecule has 21 heavy (non-hydrogen) atoms. The number of aliphatic carboxylic acids is 1. The average molecular weight is 292 g/mol. The van der Waals surface area contributed by atoms with E-state index in [4.69, 9.17) is 9.84 Å². The van der Waals surface area contributed by atoms with Gasteiger partial charge in [0.2, 0.25) is 0 Å². The standard InChI is InChI=1S/C15H20N2O4/c1-3-11-5-4-6-12(7-11)16-14(20)17-9-15(2,10-17)21-8-13(18)19/h4-7H,3,8-10H2,1-2H3,(H,16,20)(H,18,19). The molecule has 2 N–H and O–H groups in total. The largest absolute Gasteiger partial charge is 0.480 e. The molecule has 2 amide bonds. The maximum atomic E-state index is 12.1. The number of carboxylic acid groups (broad SMARTS) is 1. The van der Waals surface area contributed by atoms with Crippen LogP contribution in [-0.2, 0) is 16.0 Å². The molecule has 0 unspecified atom stereocenters. The topological polar surface area (TPSA) is 78.9 Å². The van der Waals surface area contributed by atoms with Crippen LogP contribution in [0.25, 0.3) is 0 Å². The number of urea groups is 1. The van der Waals surface area contributed by atoms with Crippen molar-refractivity contribution in [3.63, 3.8) is 0 Å². The van der Waals surface area contributed by atoms with Gasteiger partial charge in [0.25, 0.3) is 0 Å². The average Bonchev–Trinajstić information content (AvgIpc) is 2.42. The highest BCUT2D eigenvalue weighted by molar-refractivity contribution is 5.90. The van der Waals surface area contributed by atoms with Gasteiger partial charge >= 0.3 is 12.0 Å². The molecular weight excluding hydrogens is 272 g/mol. The molecule has 6 nitrogen and oxygen atoms in total. The van der Waals surface area contributed by atoms with E-state index in [2.05, 4.69) is 12.2 Å². The number of anilines is 1. The summed E-state index contributed by atoms with van der Waals surface area (Å²) < 4.78 is 5.27. The van der Waals surface area contributed by atoms with Gasteiger partial charge in [0.1, 0.15) is 12.2 Å². The summed E-state index contributed by atoms with van der Waals surface area (Å²) in [4.78, 5) is 24.1. The molecule has 1 heterocycles. The van der Waals surface area contributed by atoms with Crippen LogP contribution >= 0.6 is 0 Å². The van der Waals surface area contributed by atoms with Crippen LogP contribution in [0.2, 0.25) is 0 Å². The van der Waals surface area contributed by atoms with E-state index < -0.39 is 11.6 Å². The summed E-state index contributed by atoms with van der Waals surface area (Å²) in [6, 6.07) is 7.51. The van der Waals surface area contributed by atoms with E-state index in [0.717, 1.165) is 17.7 Å². The van der Waals surface area contributed by atoms with Gasteiger partial charge in [-0.15, -0.1) is 0 Å². The van der Waals surface area contributed by atoms with Gasteiger partial charge in [0, 0.05) is 5.69 Å². The predicted octanol–water partition coefficient (Wildman–Crippen LogP) is 1.96. The Hall–Kier alpha value is -2.08. The van der Waals surface area contributed by atoms with E-state index in [1.807, 2.05) is 24.3 Å². The summed E-state index contributed by atoms with van der Waals surface area (Å²) in [5.74, 6) is -1.00. The zero-order chi connectivity index (χ0) is 15.5. The molecule has 0 aliphatic carbocycles. The van der Waals surface area contributed by atoms with E-state index in [1.54, 1.807) is 11.8 Å². The molecule has 0 spiro atoms. The molecule has 1 saturated heterocycles. The van der Waals surface area contributed by atoms with Gasteiger partial charge in [0.05, 0.1) is 13.1 Å². The van der Waals surface area contributed by atoms with Crippen LogP contribution < -0.4 is 5.32 Å². The van der Waals surface area contributed by atoms with E-state index in [9.17, 15) is 9.59 Å². The molecule has 1 aliphatic heterocycles. The minimum atomic E-state index is -1.00. The number of carbonyl (C=O) groups is 2. The molecule has 0 bridgehead atoms. The van der Waals surface area contributed by atoms with Crippen molar-refractivity contribution in [1.82, 2.24) is 4.90 Å². The van der Waals surface area contributed by atoms with E-state index in [1.165, 1.54) is 0 Å². The first kappa shape index (κ1) is 15.3. The van der Waals surface area contributed by atoms with Crippen molar-refractivity contribution >= 4 is 17.7 Å². The summed E-state index contributed by atoms with van der Waals surface area (Å²) in [7, 11) is 0. The lowest BCUT2D eigenvalue weighted by atomic mass is 9.97. The summed E-state index contributed by atoms with van der Waals surface area (Å²) >= 11 is 0. The zero-order valence-corrected chi connectivity index (χ0v) is 12.3. The summed E-state index contributed by atoms with van der Waals surface area (Å²) in [6.45, 7) is 4.29. The molecule has 0 aromatic heterocycles. The maximum absolute atomic E-state index is 12.1. The van der Waals surface area contributed by atoms with Gasteiger partial charge in [0.15, 0.2) is 0 Å². The molecule has 1 aliphatic rings. The first-order valence-corrected chi connectivity index (χ1v) is 6.92. The van der Waals surface area contributed by atoms with Crippen LogP contribution in [0.4, 0.5) is 10.5 Å². The molecule has 2 rings (SSSR count). The highest BCUT2D eigenvalue weighted by atomic mass is 16.5. The number of ether oxygens (including phenoxy) is 1. The second-order valence-electron chi connectivity index (χ2n) is 5.47. The van der Waals surface area contributed by atoms with Gasteiger partial charge in [-0.1, -0.05) is 19.1 Å². The zero-order valence-electron chi connectivity index (χ0n) is 12.3. The molecule has 1 aromatic rings. The Bertz CT molecular complexity index is 538. The number of carbonyl (C=O) groups excluding carboxylic acids is 1. The monoisotopic (exact) mass is 292 g/mol. The summed E-state index contributed by atoms with van der Waals surface area (Å²) in [6.07, 6.45) is 0.911. The second kappa shape index (κ2) is 6.13. The van der Waals surface area contributed by atoms with E-state index in [-0.39, 0.29) is 12.6 Å². The highest BCUT2D eigenvalue weighted by Gasteiger charge is 2.42. The quantitative estimate of drug-likeness (QED) is 0.869. The van der Waals surface area contributed by atoms with Crippen LogP contribution in [0, 0.1) is 0 Å². The van der Waals surface area contributed by atoms with Gasteiger partial charge in [-0.25, -0.2) is 9.59 Å². The second-order valence-corrected chi connectivity index (χ2v) is 5.47. The number of hydrogen-bond donors (Lipinski definition) is 2. The Kier molecular flexibility index (Phi) is 4.47. The van der Waals surface area contributed by atoms with Crippen molar-refractivity contribution in [2.75, 3.05) is 25.0 Å². The van der Waals surface area contributed by atoms with Crippen LogP contribution in [-0.4, -0.2) is 47.3 Å². The number of hydrogen-bond acceptors (Lipinski definition) is 3. The minimum absolute atomic E-state index is 0.195. The number of amides is 2. The lowest BCUT2D eigenvalue weighted by molar-refractivity contribution is -0.159. The van der Waals surface area contributed by atoms with E-state index >= 15 is 0 Å². The third-order valence-electron chi connectivity index (χ3n) is 3.47. The Morgan fingerprint density at radius 3 is 2.76 bits per heavy atom. The normalized spacial score (nSPS) is 16.2. The molecule has 114 valence electrons. The maximum Gasteiger partial charge on any atom is 0.329 e. The van der Waals surface area contributed by atoms with Crippen molar-refractivity contribution in [3.8, 4) is 0 Å². The molecule has 0 atom stereocenters. The third-order valence-corrected chi connectivity index (χ3v) is 3.47. The molecule has 0 radical (unpaired) electrons. The lowest BCUT2D eigenvalue weighted by Crippen LogP contribution is -2.64. The predicted molar refractivity (Wildman–Crippen MR) is 78.4 cm³/mol. The Balaban J connectivity index is 1.84. The smallest absolute Gasteiger partial charge is 0.329 e. The fraction of sp³-hybridized carbons (Fsp3) is 0.467. The number of benzene rings is 1. The van der Waals surface area contributed by atoms with Crippen molar-refractivity contribution < 1.29 is 19.4 Å². The molecule has 0 saturated carbocycles. The van der Waals surface area contributed by atoms with Crippen molar-refractivity contribution in [2.24, 2.45) is 0 Å². The number of aryl methyl sites for hydroxylation is 1. The van der Waals surface area contributed by atoms with Crippen molar-refractivity contribution in [2.45, 2.75) is 25.9 Å². The number of nitrogens with zero attached hydrogens (tertiary/aromatic N) is 1. The minimum Gasteiger partial charge on any atom is -0.480 e. The van der Waals surface area contributed by atoms with Crippen molar-refractivity contribution in [1.29, 1.82) is 0 Å². The van der Waals surface area contributed by atoms with Crippen LogP contribution in [0.5, 0.6) is 0 Å². The number of nitrogens with one attached hydrogen (secondary N) is 1. The summed E-state index contributed by atoms with van der Waals surface area (Å²) in [5, 5.41) is 11.4. The third kappa shape index (κ3) is 3.95. The molecule has 1 fully saturated rings. The van der Waals surface area contributed by atoms with Crippen LogP contribution in [0.1, 0.15) is 19.4 Å². The van der Waals surface area contributed by atoms with Crippen molar-refractivity contribution in [3.05, 3.63) is 29.8 Å². The number of likely N-dealkylation sites (tertiary alicyclic amines) is 1. The Morgan fingerprint density at radius 1 is 1.43 bits per heavy atom. The van der Waals surface area contributed by atoms with Gasteiger partial charge in [-0.2, -0.15) is 0 Å². The lowest BCUT2D eigenvalue weighted by Gasteiger charge is -2.46.